The van der Waals surface area contributed by atoms with Crippen LogP contribution in [0.4, 0.5) is 0 Å². The molecular weight excluding hydrogens is 292 g/mol. The Hall–Kier alpha value is -1.71. The number of allylic oxidation sites excluding steroid dienone is 4. The maximum Gasteiger partial charge on any atom is 0.313 e. The van der Waals surface area contributed by atoms with E-state index in [0.717, 1.165) is 25.7 Å². The smallest absolute Gasteiger partial charge is 0.313 e. The molecule has 4 nitrogen and oxygen atoms in total. The molecule has 0 amide bonds. The summed E-state index contributed by atoms with van der Waals surface area (Å²) in [6, 6.07) is 0. The minimum atomic E-state index is -0.640. The van der Waals surface area contributed by atoms with Crippen LogP contribution in [-0.4, -0.2) is 23.1 Å². The van der Waals surface area contributed by atoms with E-state index in [0.29, 0.717) is 5.92 Å². The average Bonchev–Trinajstić information content (AvgIpc) is 2.46. The number of esters is 1. The minimum absolute atomic E-state index is 0.0466. The summed E-state index contributed by atoms with van der Waals surface area (Å²) in [5.41, 5.74) is 0.425. The highest BCUT2D eigenvalue weighted by molar-refractivity contribution is 6.01. The Morgan fingerprint density at radius 3 is 2.74 bits per heavy atom. The number of fused-ring (bicyclic) bond motifs is 5. The Morgan fingerprint density at radius 2 is 1.96 bits per heavy atom. The lowest BCUT2D eigenvalue weighted by Crippen LogP contribution is -2.59. The van der Waals surface area contributed by atoms with Crippen molar-refractivity contribution in [2.75, 3.05) is 0 Å². The Balaban J connectivity index is 1.73. The number of carbonyl (C=O) groups is 3. The fraction of sp³-hybridized carbons (Fsp3) is 0.632. The third kappa shape index (κ3) is 2.00. The highest BCUT2D eigenvalue weighted by atomic mass is 16.6. The van der Waals surface area contributed by atoms with Gasteiger partial charge in [-0.2, -0.15) is 0 Å². The zero-order valence-electron chi connectivity index (χ0n) is 13.6. The molecule has 0 aromatic carbocycles. The van der Waals surface area contributed by atoms with Gasteiger partial charge in [-0.25, -0.2) is 0 Å². The van der Waals surface area contributed by atoms with Gasteiger partial charge >= 0.3 is 5.97 Å². The van der Waals surface area contributed by atoms with E-state index in [1.54, 1.807) is 12.2 Å². The van der Waals surface area contributed by atoms with Gasteiger partial charge < -0.3 is 4.74 Å². The molecule has 2 saturated carbocycles. The molecule has 5 atom stereocenters. The van der Waals surface area contributed by atoms with Gasteiger partial charge in [-0.1, -0.05) is 18.6 Å². The molecule has 122 valence electrons. The van der Waals surface area contributed by atoms with Crippen molar-refractivity contribution in [3.05, 3.63) is 23.8 Å². The summed E-state index contributed by atoms with van der Waals surface area (Å²) in [5.74, 6) is 0.117. The molecule has 0 N–H and O–H groups in total. The number of Topliss-reactive ketones (excluding diaryl/α,β-unsaturated/α-hetero) is 1. The van der Waals surface area contributed by atoms with Crippen LogP contribution in [0.3, 0.4) is 0 Å². The summed E-state index contributed by atoms with van der Waals surface area (Å²) < 4.78 is 5.64. The van der Waals surface area contributed by atoms with E-state index in [1.165, 1.54) is 5.57 Å². The van der Waals surface area contributed by atoms with Crippen molar-refractivity contribution in [2.24, 2.45) is 23.2 Å². The lowest BCUT2D eigenvalue weighted by atomic mass is 9.49. The highest BCUT2D eigenvalue weighted by Crippen LogP contribution is 2.60. The Bertz CT molecular complexity index is 673. The average molecular weight is 314 g/mol. The number of rotatable bonds is 0. The molecule has 0 bridgehead atoms. The van der Waals surface area contributed by atoms with Crippen LogP contribution in [0.5, 0.6) is 0 Å². The Kier molecular flexibility index (Phi) is 3.00. The van der Waals surface area contributed by atoms with Crippen molar-refractivity contribution in [3.8, 4) is 0 Å². The van der Waals surface area contributed by atoms with Gasteiger partial charge in [0, 0.05) is 5.41 Å². The minimum Gasteiger partial charge on any atom is -0.458 e. The van der Waals surface area contributed by atoms with Crippen molar-refractivity contribution in [1.29, 1.82) is 0 Å². The van der Waals surface area contributed by atoms with Crippen molar-refractivity contribution < 1.29 is 19.1 Å². The number of ketones is 2. The quantitative estimate of drug-likeness (QED) is 0.509. The van der Waals surface area contributed by atoms with E-state index in [-0.39, 0.29) is 41.2 Å². The van der Waals surface area contributed by atoms with Gasteiger partial charge in [-0.15, -0.1) is 0 Å². The molecule has 1 saturated heterocycles. The van der Waals surface area contributed by atoms with Gasteiger partial charge in [-0.3, -0.25) is 14.4 Å². The SMILES string of the molecule is CC12CCC3C(CCC4=CC(=O)C=CC43C)C1C(=O)CC(=O)O2. The largest absolute Gasteiger partial charge is 0.458 e. The van der Waals surface area contributed by atoms with Gasteiger partial charge in [0.15, 0.2) is 11.6 Å². The first kappa shape index (κ1) is 14.9. The lowest BCUT2D eigenvalue weighted by molar-refractivity contribution is -0.193. The van der Waals surface area contributed by atoms with Gasteiger partial charge in [0.25, 0.3) is 0 Å². The van der Waals surface area contributed by atoms with E-state index in [2.05, 4.69) is 6.92 Å². The molecule has 4 heteroatoms. The maximum absolute atomic E-state index is 12.6. The topological polar surface area (TPSA) is 60.4 Å². The predicted octanol–water partition coefficient (Wildman–Crippen LogP) is 2.77. The monoisotopic (exact) mass is 314 g/mol. The van der Waals surface area contributed by atoms with Gasteiger partial charge in [0.05, 0.1) is 5.92 Å². The highest BCUT2D eigenvalue weighted by Gasteiger charge is 2.59. The summed E-state index contributed by atoms with van der Waals surface area (Å²) >= 11 is 0. The fourth-order valence-corrected chi connectivity index (χ4v) is 5.61. The van der Waals surface area contributed by atoms with Crippen LogP contribution in [0.15, 0.2) is 23.8 Å². The molecule has 0 aromatic rings. The normalized spacial score (nSPS) is 45.6. The van der Waals surface area contributed by atoms with E-state index < -0.39 is 5.60 Å². The Labute approximate surface area is 136 Å². The van der Waals surface area contributed by atoms with Gasteiger partial charge in [0.2, 0.25) is 0 Å². The molecule has 4 rings (SSSR count). The molecule has 0 radical (unpaired) electrons. The van der Waals surface area contributed by atoms with Crippen LogP contribution in [0.2, 0.25) is 0 Å². The number of ether oxygens (including phenoxy) is 1. The second-order valence-corrected chi connectivity index (χ2v) is 7.94. The fourth-order valence-electron chi connectivity index (χ4n) is 5.61. The van der Waals surface area contributed by atoms with Crippen molar-refractivity contribution >= 4 is 17.5 Å². The Morgan fingerprint density at radius 1 is 1.17 bits per heavy atom. The molecule has 5 unspecified atom stereocenters. The van der Waals surface area contributed by atoms with Crippen molar-refractivity contribution in [1.82, 2.24) is 0 Å². The van der Waals surface area contributed by atoms with Crippen molar-refractivity contribution in [2.45, 2.75) is 51.6 Å². The first-order chi connectivity index (χ1) is 10.8. The molecule has 3 fully saturated rings. The maximum atomic E-state index is 12.6. The third-order valence-electron chi connectivity index (χ3n) is 6.69. The number of carbonyl (C=O) groups excluding carboxylic acids is 3. The number of hydrogen-bond donors (Lipinski definition) is 0. The summed E-state index contributed by atoms with van der Waals surface area (Å²) in [4.78, 5) is 36.1. The van der Waals surface area contributed by atoms with E-state index in [1.807, 2.05) is 13.0 Å². The van der Waals surface area contributed by atoms with E-state index in [9.17, 15) is 14.4 Å². The summed E-state index contributed by atoms with van der Waals surface area (Å²) in [6.07, 6.45) is 8.81. The van der Waals surface area contributed by atoms with E-state index in [4.69, 9.17) is 4.74 Å². The first-order valence-corrected chi connectivity index (χ1v) is 8.52. The second kappa shape index (κ2) is 4.65. The molecular formula is C19H22O4. The van der Waals surface area contributed by atoms with Crippen LogP contribution >= 0.6 is 0 Å². The standard InChI is InChI=1S/C19H22O4/c1-18-7-5-12(20)9-11(18)3-4-13-14(18)6-8-19(2)17(13)15(21)10-16(22)23-19/h5,7,9,13-14,17H,3-4,6,8,10H2,1-2H3. The molecule has 0 spiro atoms. The van der Waals surface area contributed by atoms with Gasteiger partial charge in [-0.05, 0) is 56.6 Å². The lowest BCUT2D eigenvalue weighted by Gasteiger charge is -2.57. The zero-order chi connectivity index (χ0) is 16.4. The summed E-state index contributed by atoms with van der Waals surface area (Å²) in [7, 11) is 0. The van der Waals surface area contributed by atoms with Crippen LogP contribution in [-0.2, 0) is 19.1 Å². The summed E-state index contributed by atoms with van der Waals surface area (Å²) in [6.45, 7) is 4.12. The van der Waals surface area contributed by atoms with Crippen molar-refractivity contribution in [3.63, 3.8) is 0 Å². The first-order valence-electron chi connectivity index (χ1n) is 8.52. The molecule has 0 aromatic heterocycles. The predicted molar refractivity (Wildman–Crippen MR) is 83.4 cm³/mol. The molecule has 1 aliphatic heterocycles. The van der Waals surface area contributed by atoms with Crippen LogP contribution < -0.4 is 0 Å². The van der Waals surface area contributed by atoms with E-state index >= 15 is 0 Å². The third-order valence-corrected chi connectivity index (χ3v) is 6.69. The van der Waals surface area contributed by atoms with Crippen LogP contribution in [0, 0.1) is 23.2 Å². The van der Waals surface area contributed by atoms with Crippen LogP contribution in [0.25, 0.3) is 0 Å². The molecule has 3 aliphatic carbocycles. The second-order valence-electron chi connectivity index (χ2n) is 7.94. The summed E-state index contributed by atoms with van der Waals surface area (Å²) in [5, 5.41) is 0. The molecule has 23 heavy (non-hydrogen) atoms. The van der Waals surface area contributed by atoms with Crippen LogP contribution in [0.1, 0.15) is 46.0 Å². The molecule has 1 heterocycles. The number of hydrogen-bond acceptors (Lipinski definition) is 4. The van der Waals surface area contributed by atoms with Gasteiger partial charge in [0.1, 0.15) is 12.0 Å². The zero-order valence-corrected chi connectivity index (χ0v) is 13.6. The molecule has 4 aliphatic rings.